The number of hydrogen-bond acceptors (Lipinski definition) is 4. The first-order chi connectivity index (χ1) is 6.58. The molecule has 0 aromatic rings. The quantitative estimate of drug-likeness (QED) is 0.550. The predicted molar refractivity (Wildman–Crippen MR) is 58.5 cm³/mol. The molecule has 0 saturated heterocycles. The van der Waals surface area contributed by atoms with Gasteiger partial charge in [-0.3, -0.25) is 4.99 Å². The van der Waals surface area contributed by atoms with Crippen LogP contribution in [0.5, 0.6) is 0 Å². The van der Waals surface area contributed by atoms with Crippen molar-refractivity contribution in [1.82, 2.24) is 5.32 Å². The number of hydrogen-bond donors (Lipinski definition) is 1. The van der Waals surface area contributed by atoms with Crippen molar-refractivity contribution >= 4 is 11.9 Å². The smallest absolute Gasteiger partial charge is 0.129 e. The zero-order valence-corrected chi connectivity index (χ0v) is 8.95. The van der Waals surface area contributed by atoms with Crippen molar-refractivity contribution in [2.75, 3.05) is 6.54 Å². The summed E-state index contributed by atoms with van der Waals surface area (Å²) in [6, 6.07) is 0. The summed E-state index contributed by atoms with van der Waals surface area (Å²) in [6.07, 6.45) is 6.04. The average molecular weight is 195 g/mol. The van der Waals surface area contributed by atoms with Gasteiger partial charge in [0.15, 0.2) is 0 Å². The Morgan fingerprint density at radius 3 is 3.00 bits per heavy atom. The van der Waals surface area contributed by atoms with Crippen LogP contribution in [0.1, 0.15) is 27.2 Å². The van der Waals surface area contributed by atoms with E-state index in [1.54, 1.807) is 12.4 Å². The SMILES string of the molecule is CC(C)(C)O/N=C/CC1=NC=CNC1. The van der Waals surface area contributed by atoms with Crippen LogP contribution in [0.4, 0.5) is 0 Å². The van der Waals surface area contributed by atoms with Gasteiger partial charge in [-0.15, -0.1) is 0 Å². The third kappa shape index (κ3) is 4.64. The van der Waals surface area contributed by atoms with E-state index in [9.17, 15) is 0 Å². The highest BCUT2D eigenvalue weighted by Gasteiger charge is 2.09. The van der Waals surface area contributed by atoms with E-state index in [-0.39, 0.29) is 5.60 Å². The van der Waals surface area contributed by atoms with Gasteiger partial charge in [0.1, 0.15) is 5.60 Å². The number of aliphatic imine (C=N–C) groups is 1. The molecule has 0 bridgehead atoms. The van der Waals surface area contributed by atoms with E-state index in [1.807, 2.05) is 27.0 Å². The molecule has 0 unspecified atom stereocenters. The standard InChI is InChI=1S/C10H17N3O/c1-10(2,3)14-13-5-4-9-8-11-6-7-12-9/h5-7,11H,4,8H2,1-3H3/b13-5+. The molecule has 1 aliphatic rings. The maximum atomic E-state index is 5.20. The summed E-state index contributed by atoms with van der Waals surface area (Å²) in [5, 5.41) is 6.96. The Balaban J connectivity index is 2.26. The third-order valence-corrected chi connectivity index (χ3v) is 1.48. The molecular formula is C10H17N3O. The molecule has 1 rings (SSSR count). The Morgan fingerprint density at radius 2 is 2.43 bits per heavy atom. The lowest BCUT2D eigenvalue weighted by Gasteiger charge is -2.15. The molecule has 0 radical (unpaired) electrons. The van der Waals surface area contributed by atoms with E-state index in [0.29, 0.717) is 0 Å². The number of oxime groups is 1. The van der Waals surface area contributed by atoms with Crippen LogP contribution in [0, 0.1) is 0 Å². The molecule has 78 valence electrons. The second kappa shape index (κ2) is 4.79. The Hall–Kier alpha value is -1.32. The van der Waals surface area contributed by atoms with Gasteiger partial charge in [0.25, 0.3) is 0 Å². The minimum atomic E-state index is -0.219. The van der Waals surface area contributed by atoms with Crippen molar-refractivity contribution in [3.05, 3.63) is 12.4 Å². The fourth-order valence-corrected chi connectivity index (χ4v) is 0.881. The maximum absolute atomic E-state index is 5.20. The first-order valence-corrected chi connectivity index (χ1v) is 4.72. The molecule has 14 heavy (non-hydrogen) atoms. The topological polar surface area (TPSA) is 46.0 Å². The molecule has 0 fully saturated rings. The van der Waals surface area contributed by atoms with E-state index in [4.69, 9.17) is 4.84 Å². The second-order valence-electron chi connectivity index (χ2n) is 4.09. The van der Waals surface area contributed by atoms with Gasteiger partial charge in [0.2, 0.25) is 0 Å². The highest BCUT2D eigenvalue weighted by molar-refractivity contribution is 5.97. The highest BCUT2D eigenvalue weighted by atomic mass is 16.6. The van der Waals surface area contributed by atoms with E-state index in [1.165, 1.54) is 0 Å². The Kier molecular flexibility index (Phi) is 3.68. The lowest BCUT2D eigenvalue weighted by molar-refractivity contribution is 0.00171. The van der Waals surface area contributed by atoms with Gasteiger partial charge < -0.3 is 10.2 Å². The van der Waals surface area contributed by atoms with Crippen LogP contribution in [0.25, 0.3) is 0 Å². The molecule has 1 aliphatic heterocycles. The van der Waals surface area contributed by atoms with Gasteiger partial charge >= 0.3 is 0 Å². The first kappa shape index (κ1) is 10.8. The van der Waals surface area contributed by atoms with E-state index < -0.39 is 0 Å². The van der Waals surface area contributed by atoms with E-state index in [0.717, 1.165) is 18.7 Å². The fraction of sp³-hybridized carbons (Fsp3) is 0.600. The molecule has 0 aromatic carbocycles. The Labute approximate surface area is 84.7 Å². The summed E-state index contributed by atoms with van der Waals surface area (Å²) >= 11 is 0. The molecule has 0 atom stereocenters. The van der Waals surface area contributed by atoms with Crippen LogP contribution in [0.2, 0.25) is 0 Å². The van der Waals surface area contributed by atoms with Gasteiger partial charge in [-0.1, -0.05) is 5.16 Å². The molecule has 1 N–H and O–H groups in total. The zero-order chi connectivity index (χ0) is 10.4. The van der Waals surface area contributed by atoms with Gasteiger partial charge in [-0.05, 0) is 20.8 Å². The zero-order valence-electron chi connectivity index (χ0n) is 8.95. The summed E-state index contributed by atoms with van der Waals surface area (Å²) in [5.74, 6) is 0. The average Bonchev–Trinajstić information content (AvgIpc) is 2.13. The molecule has 1 heterocycles. The molecule has 0 amide bonds. The maximum Gasteiger partial charge on any atom is 0.129 e. The van der Waals surface area contributed by atoms with Gasteiger partial charge in [0.05, 0.1) is 6.54 Å². The number of nitrogens with zero attached hydrogens (tertiary/aromatic N) is 2. The largest absolute Gasteiger partial charge is 0.390 e. The van der Waals surface area contributed by atoms with E-state index >= 15 is 0 Å². The fourth-order valence-electron chi connectivity index (χ4n) is 0.881. The molecule has 0 spiro atoms. The Bertz CT molecular complexity index is 261. The van der Waals surface area contributed by atoms with Crippen LogP contribution in [0.15, 0.2) is 22.5 Å². The summed E-state index contributed by atoms with van der Waals surface area (Å²) in [5.41, 5.74) is 0.844. The normalized spacial score (nSPS) is 16.6. The van der Waals surface area contributed by atoms with Gasteiger partial charge in [-0.25, -0.2) is 0 Å². The Morgan fingerprint density at radius 1 is 1.64 bits per heavy atom. The highest BCUT2D eigenvalue weighted by Crippen LogP contribution is 2.06. The molecule has 4 nitrogen and oxygen atoms in total. The lowest BCUT2D eigenvalue weighted by atomic mass is 10.2. The van der Waals surface area contributed by atoms with Crippen LogP contribution in [0.3, 0.4) is 0 Å². The van der Waals surface area contributed by atoms with Gasteiger partial charge in [0, 0.05) is 30.7 Å². The third-order valence-electron chi connectivity index (χ3n) is 1.48. The molecule has 0 aliphatic carbocycles. The van der Waals surface area contributed by atoms with Crippen molar-refractivity contribution < 1.29 is 4.84 Å². The predicted octanol–water partition coefficient (Wildman–Crippen LogP) is 1.69. The van der Waals surface area contributed by atoms with Crippen LogP contribution in [-0.2, 0) is 4.84 Å². The minimum absolute atomic E-state index is 0.219. The second-order valence-corrected chi connectivity index (χ2v) is 4.09. The monoisotopic (exact) mass is 195 g/mol. The van der Waals surface area contributed by atoms with Crippen LogP contribution < -0.4 is 5.32 Å². The summed E-state index contributed by atoms with van der Waals surface area (Å²) in [4.78, 5) is 9.39. The molecule has 0 saturated carbocycles. The van der Waals surface area contributed by atoms with E-state index in [2.05, 4.69) is 15.5 Å². The van der Waals surface area contributed by atoms with Crippen molar-refractivity contribution in [3.63, 3.8) is 0 Å². The molecular weight excluding hydrogens is 178 g/mol. The molecule has 4 heteroatoms. The van der Waals surface area contributed by atoms with Crippen LogP contribution >= 0.6 is 0 Å². The number of rotatable bonds is 3. The van der Waals surface area contributed by atoms with Crippen molar-refractivity contribution in [2.24, 2.45) is 10.1 Å². The van der Waals surface area contributed by atoms with Crippen LogP contribution in [-0.4, -0.2) is 24.1 Å². The first-order valence-electron chi connectivity index (χ1n) is 4.72. The summed E-state index contributed by atoms with van der Waals surface area (Å²) < 4.78 is 0. The number of nitrogens with one attached hydrogen (secondary N) is 1. The van der Waals surface area contributed by atoms with Crippen molar-refractivity contribution in [3.8, 4) is 0 Å². The van der Waals surface area contributed by atoms with Crippen molar-refractivity contribution in [1.29, 1.82) is 0 Å². The molecule has 0 aromatic heterocycles. The van der Waals surface area contributed by atoms with Gasteiger partial charge in [-0.2, -0.15) is 0 Å². The summed E-state index contributed by atoms with van der Waals surface area (Å²) in [7, 11) is 0. The summed E-state index contributed by atoms with van der Waals surface area (Å²) in [6.45, 7) is 6.68. The minimum Gasteiger partial charge on any atom is -0.390 e. The lowest BCUT2D eigenvalue weighted by Crippen LogP contribution is -2.21. The van der Waals surface area contributed by atoms with Crippen molar-refractivity contribution in [2.45, 2.75) is 32.8 Å².